The van der Waals surface area contributed by atoms with Gasteiger partial charge in [-0.2, -0.15) is 0 Å². The van der Waals surface area contributed by atoms with E-state index in [-0.39, 0.29) is 5.91 Å². The first-order chi connectivity index (χ1) is 9.69. The summed E-state index contributed by atoms with van der Waals surface area (Å²) < 4.78 is 0. The second-order valence-corrected chi connectivity index (χ2v) is 4.99. The van der Waals surface area contributed by atoms with Crippen LogP contribution in [0.15, 0.2) is 18.3 Å². The minimum Gasteiger partial charge on any atom is -0.337 e. The number of carbonyl (C=O) groups excluding carboxylic acids is 1. The molecule has 1 aromatic rings. The van der Waals surface area contributed by atoms with Crippen molar-refractivity contribution >= 4 is 11.7 Å². The summed E-state index contributed by atoms with van der Waals surface area (Å²) in [4.78, 5) is 20.8. The predicted octanol–water partition coefficient (Wildman–Crippen LogP) is 0.924. The van der Waals surface area contributed by atoms with E-state index in [0.717, 1.165) is 32.6 Å². The molecule has 1 aliphatic heterocycles. The number of carbonyl (C=O) groups is 1. The number of hydrogen-bond acceptors (Lipinski definition) is 5. The Hall–Kier alpha value is -1.66. The van der Waals surface area contributed by atoms with Gasteiger partial charge >= 0.3 is 0 Å². The minimum atomic E-state index is 0.0542. The zero-order chi connectivity index (χ0) is 14.5. The first-order valence-electron chi connectivity index (χ1n) is 7.15. The molecule has 0 saturated carbocycles. The van der Waals surface area contributed by atoms with Gasteiger partial charge in [0.1, 0.15) is 5.82 Å². The molecule has 1 amide bonds. The fourth-order valence-electron chi connectivity index (χ4n) is 2.79. The molecule has 2 rings (SSSR count). The Morgan fingerprint density at radius 3 is 2.95 bits per heavy atom. The summed E-state index contributed by atoms with van der Waals surface area (Å²) in [6.45, 7) is 7.99. The average Bonchev–Trinajstić information content (AvgIpc) is 2.97. The molecular weight excluding hydrogens is 254 g/mol. The van der Waals surface area contributed by atoms with E-state index in [9.17, 15) is 4.79 Å². The van der Waals surface area contributed by atoms with Crippen LogP contribution in [0.1, 0.15) is 30.6 Å². The van der Waals surface area contributed by atoms with Crippen molar-refractivity contribution in [2.45, 2.75) is 26.3 Å². The van der Waals surface area contributed by atoms with Crippen molar-refractivity contribution in [3.63, 3.8) is 0 Å². The number of hydrazine groups is 1. The van der Waals surface area contributed by atoms with Crippen LogP contribution in [0.3, 0.4) is 0 Å². The number of nitrogens with two attached hydrogens (primary N) is 1. The van der Waals surface area contributed by atoms with Crippen molar-refractivity contribution in [3.8, 4) is 0 Å². The number of rotatable bonds is 5. The van der Waals surface area contributed by atoms with Crippen molar-refractivity contribution in [1.29, 1.82) is 0 Å². The maximum absolute atomic E-state index is 12.5. The number of amides is 1. The van der Waals surface area contributed by atoms with E-state index < -0.39 is 0 Å². The summed E-state index contributed by atoms with van der Waals surface area (Å²) in [6.07, 6.45) is 2.64. The molecule has 0 aromatic carbocycles. The zero-order valence-electron chi connectivity index (χ0n) is 12.2. The lowest BCUT2D eigenvalue weighted by Crippen LogP contribution is -2.38. The number of likely N-dealkylation sites (tertiary alicyclic amines) is 1. The van der Waals surface area contributed by atoms with Crippen molar-refractivity contribution in [3.05, 3.63) is 23.9 Å². The number of nitrogens with zero attached hydrogens (tertiary/aromatic N) is 3. The Morgan fingerprint density at radius 2 is 2.30 bits per heavy atom. The van der Waals surface area contributed by atoms with Gasteiger partial charge in [-0.15, -0.1) is 0 Å². The lowest BCUT2D eigenvalue weighted by molar-refractivity contribution is 0.0778. The van der Waals surface area contributed by atoms with E-state index in [2.05, 4.69) is 29.2 Å². The standard InChI is InChI=1S/C14H23N5O/c1-3-18(4-2)12-6-8-19(10-12)14(20)11-5-7-16-13(9-11)17-15/h5,7,9,12H,3-4,6,8,10,15H2,1-2H3,(H,16,17). The molecule has 1 fully saturated rings. The van der Waals surface area contributed by atoms with E-state index in [1.807, 2.05) is 4.90 Å². The molecule has 0 bridgehead atoms. The van der Waals surface area contributed by atoms with Gasteiger partial charge in [0, 0.05) is 30.9 Å². The highest BCUT2D eigenvalue weighted by atomic mass is 16.2. The first kappa shape index (κ1) is 14.7. The van der Waals surface area contributed by atoms with Crippen LogP contribution in [0.5, 0.6) is 0 Å². The molecule has 1 atom stereocenters. The largest absolute Gasteiger partial charge is 0.337 e. The minimum absolute atomic E-state index is 0.0542. The second-order valence-electron chi connectivity index (χ2n) is 4.99. The van der Waals surface area contributed by atoms with Crippen LogP contribution in [0.25, 0.3) is 0 Å². The first-order valence-corrected chi connectivity index (χ1v) is 7.15. The summed E-state index contributed by atoms with van der Waals surface area (Å²) in [6, 6.07) is 3.89. The Balaban J connectivity index is 2.03. The van der Waals surface area contributed by atoms with E-state index in [0.29, 0.717) is 17.4 Å². The Kier molecular flexibility index (Phi) is 4.92. The second kappa shape index (κ2) is 6.67. The van der Waals surface area contributed by atoms with E-state index >= 15 is 0 Å². The molecule has 6 heteroatoms. The van der Waals surface area contributed by atoms with Crippen molar-refractivity contribution in [1.82, 2.24) is 14.8 Å². The molecule has 1 unspecified atom stereocenters. The zero-order valence-corrected chi connectivity index (χ0v) is 12.2. The predicted molar refractivity (Wildman–Crippen MR) is 79.3 cm³/mol. The highest BCUT2D eigenvalue weighted by Gasteiger charge is 2.29. The fourth-order valence-corrected chi connectivity index (χ4v) is 2.79. The third-order valence-corrected chi connectivity index (χ3v) is 3.93. The van der Waals surface area contributed by atoms with Crippen LogP contribution in [0.4, 0.5) is 5.82 Å². The lowest BCUT2D eigenvalue weighted by Gasteiger charge is -2.26. The summed E-state index contributed by atoms with van der Waals surface area (Å²) in [5.41, 5.74) is 3.10. The summed E-state index contributed by atoms with van der Waals surface area (Å²) >= 11 is 0. The summed E-state index contributed by atoms with van der Waals surface area (Å²) in [7, 11) is 0. The maximum Gasteiger partial charge on any atom is 0.254 e. The number of hydrogen-bond donors (Lipinski definition) is 2. The Labute approximate surface area is 119 Å². The van der Waals surface area contributed by atoms with E-state index in [4.69, 9.17) is 5.84 Å². The van der Waals surface area contributed by atoms with Crippen molar-refractivity contribution in [2.24, 2.45) is 5.84 Å². The van der Waals surface area contributed by atoms with Gasteiger partial charge in [0.2, 0.25) is 0 Å². The Bertz CT molecular complexity index is 461. The molecular formula is C14H23N5O. The van der Waals surface area contributed by atoms with Crippen LogP contribution >= 0.6 is 0 Å². The number of nitrogen functional groups attached to an aromatic ring is 1. The third-order valence-electron chi connectivity index (χ3n) is 3.93. The number of nitrogens with one attached hydrogen (secondary N) is 1. The third kappa shape index (κ3) is 3.08. The van der Waals surface area contributed by atoms with Crippen molar-refractivity contribution < 1.29 is 4.79 Å². The number of pyridine rings is 1. The SMILES string of the molecule is CCN(CC)C1CCN(C(=O)c2ccnc(NN)c2)C1. The van der Waals surface area contributed by atoms with Gasteiger partial charge < -0.3 is 10.3 Å². The van der Waals surface area contributed by atoms with Gasteiger partial charge in [0.15, 0.2) is 0 Å². The quantitative estimate of drug-likeness (QED) is 0.618. The topological polar surface area (TPSA) is 74.5 Å². The molecule has 1 saturated heterocycles. The highest BCUT2D eigenvalue weighted by Crippen LogP contribution is 2.18. The highest BCUT2D eigenvalue weighted by molar-refractivity contribution is 5.95. The van der Waals surface area contributed by atoms with Crippen LogP contribution in [0.2, 0.25) is 0 Å². The van der Waals surface area contributed by atoms with E-state index in [1.54, 1.807) is 18.3 Å². The van der Waals surface area contributed by atoms with Crippen molar-refractivity contribution in [2.75, 3.05) is 31.6 Å². The van der Waals surface area contributed by atoms with Gasteiger partial charge in [0.25, 0.3) is 5.91 Å². The molecule has 0 spiro atoms. The van der Waals surface area contributed by atoms with Gasteiger partial charge in [0.05, 0.1) is 0 Å². The van der Waals surface area contributed by atoms with Gasteiger partial charge in [-0.3, -0.25) is 9.69 Å². The number of anilines is 1. The lowest BCUT2D eigenvalue weighted by atomic mass is 10.2. The fraction of sp³-hybridized carbons (Fsp3) is 0.571. The van der Waals surface area contributed by atoms with E-state index in [1.165, 1.54) is 0 Å². The smallest absolute Gasteiger partial charge is 0.254 e. The van der Waals surface area contributed by atoms with Crippen LogP contribution in [0, 0.1) is 0 Å². The van der Waals surface area contributed by atoms with Gasteiger partial charge in [-0.1, -0.05) is 13.8 Å². The summed E-state index contributed by atoms with van der Waals surface area (Å²) in [5.74, 6) is 5.89. The van der Waals surface area contributed by atoms with Gasteiger partial charge in [-0.25, -0.2) is 10.8 Å². The molecule has 0 radical (unpaired) electrons. The van der Waals surface area contributed by atoms with Gasteiger partial charge in [-0.05, 0) is 31.6 Å². The molecule has 3 N–H and O–H groups in total. The monoisotopic (exact) mass is 277 g/mol. The Morgan fingerprint density at radius 1 is 1.55 bits per heavy atom. The number of likely N-dealkylation sites (N-methyl/N-ethyl adjacent to an activating group) is 1. The average molecular weight is 277 g/mol. The van der Waals surface area contributed by atoms with Crippen LogP contribution in [-0.2, 0) is 0 Å². The molecule has 20 heavy (non-hydrogen) atoms. The molecule has 1 aliphatic rings. The molecule has 6 nitrogen and oxygen atoms in total. The van der Waals surface area contributed by atoms with Crippen LogP contribution < -0.4 is 11.3 Å². The summed E-state index contributed by atoms with van der Waals surface area (Å²) in [5, 5.41) is 0. The number of aromatic nitrogens is 1. The maximum atomic E-state index is 12.5. The molecule has 110 valence electrons. The van der Waals surface area contributed by atoms with Crippen LogP contribution in [-0.4, -0.2) is 52.9 Å². The molecule has 1 aromatic heterocycles. The normalized spacial score (nSPS) is 18.6. The molecule has 0 aliphatic carbocycles. The molecule has 2 heterocycles.